The molecule has 0 spiro atoms. The molecule has 0 aliphatic heterocycles. The van der Waals surface area contributed by atoms with Crippen LogP contribution in [0.15, 0.2) is 53.6 Å². The summed E-state index contributed by atoms with van der Waals surface area (Å²) in [6, 6.07) is 15.4. The number of hydrogen-bond acceptors (Lipinski definition) is 3. The fourth-order valence-corrected chi connectivity index (χ4v) is 1.97. The Morgan fingerprint density at radius 3 is 2.62 bits per heavy atom. The largest absolute Gasteiger partial charge is 0.494 e. The number of rotatable bonds is 6. The monoisotopic (exact) mass is 302 g/mol. The first kappa shape index (κ1) is 15.4. The maximum Gasteiger partial charge on any atom is 0.119 e. The molecule has 0 heterocycles. The Labute approximate surface area is 130 Å². The molecule has 0 saturated carbocycles. The van der Waals surface area contributed by atoms with Crippen LogP contribution in [-0.2, 0) is 0 Å². The SMILES string of the molecule is CCCOc1ccc(/C(C)=N\Nc2cccc(Cl)c2)cc1. The summed E-state index contributed by atoms with van der Waals surface area (Å²) in [5, 5.41) is 5.05. The highest BCUT2D eigenvalue weighted by atomic mass is 35.5. The van der Waals surface area contributed by atoms with Crippen molar-refractivity contribution in [2.24, 2.45) is 5.10 Å². The average Bonchev–Trinajstić information content (AvgIpc) is 2.51. The van der Waals surface area contributed by atoms with Gasteiger partial charge in [0.25, 0.3) is 0 Å². The third-order valence-electron chi connectivity index (χ3n) is 2.92. The lowest BCUT2D eigenvalue weighted by molar-refractivity contribution is 0.317. The van der Waals surface area contributed by atoms with Crippen molar-refractivity contribution in [2.75, 3.05) is 12.0 Å². The molecule has 0 amide bonds. The van der Waals surface area contributed by atoms with Gasteiger partial charge in [-0.3, -0.25) is 5.43 Å². The normalized spacial score (nSPS) is 11.3. The van der Waals surface area contributed by atoms with Crippen LogP contribution in [0.3, 0.4) is 0 Å². The molecule has 4 heteroatoms. The highest BCUT2D eigenvalue weighted by molar-refractivity contribution is 6.30. The van der Waals surface area contributed by atoms with Crippen molar-refractivity contribution < 1.29 is 4.74 Å². The Balaban J connectivity index is 2.01. The van der Waals surface area contributed by atoms with Gasteiger partial charge in [0.15, 0.2) is 0 Å². The van der Waals surface area contributed by atoms with E-state index in [4.69, 9.17) is 16.3 Å². The lowest BCUT2D eigenvalue weighted by Crippen LogP contribution is -2.00. The number of ether oxygens (including phenoxy) is 1. The van der Waals surface area contributed by atoms with Crippen molar-refractivity contribution in [3.63, 3.8) is 0 Å². The smallest absolute Gasteiger partial charge is 0.119 e. The average molecular weight is 303 g/mol. The fourth-order valence-electron chi connectivity index (χ4n) is 1.78. The van der Waals surface area contributed by atoms with E-state index in [1.54, 1.807) is 0 Å². The van der Waals surface area contributed by atoms with E-state index in [0.717, 1.165) is 35.7 Å². The Morgan fingerprint density at radius 2 is 1.95 bits per heavy atom. The summed E-state index contributed by atoms with van der Waals surface area (Å²) < 4.78 is 5.56. The number of hydrogen-bond donors (Lipinski definition) is 1. The van der Waals surface area contributed by atoms with Crippen LogP contribution in [0, 0.1) is 0 Å². The molecule has 21 heavy (non-hydrogen) atoms. The molecule has 2 aromatic carbocycles. The van der Waals surface area contributed by atoms with E-state index in [2.05, 4.69) is 17.5 Å². The van der Waals surface area contributed by atoms with Crippen LogP contribution in [0.25, 0.3) is 0 Å². The van der Waals surface area contributed by atoms with Crippen molar-refractivity contribution in [2.45, 2.75) is 20.3 Å². The molecule has 0 saturated heterocycles. The second kappa shape index (κ2) is 7.70. The molecule has 0 aliphatic carbocycles. The molecular formula is C17H19ClN2O. The first-order valence-electron chi connectivity index (χ1n) is 6.98. The first-order valence-corrected chi connectivity index (χ1v) is 7.36. The lowest BCUT2D eigenvalue weighted by Gasteiger charge is -2.07. The molecule has 0 radical (unpaired) electrons. The van der Waals surface area contributed by atoms with Crippen molar-refractivity contribution in [3.05, 3.63) is 59.1 Å². The summed E-state index contributed by atoms with van der Waals surface area (Å²) in [6.07, 6.45) is 1.01. The van der Waals surface area contributed by atoms with Crippen LogP contribution in [0.1, 0.15) is 25.8 Å². The predicted octanol–water partition coefficient (Wildman–Crippen LogP) is 4.96. The van der Waals surface area contributed by atoms with Gasteiger partial charge in [-0.25, -0.2) is 0 Å². The van der Waals surface area contributed by atoms with Crippen molar-refractivity contribution in [1.29, 1.82) is 0 Å². The molecule has 0 atom stereocenters. The highest BCUT2D eigenvalue weighted by Gasteiger charge is 1.99. The van der Waals surface area contributed by atoms with Gasteiger partial charge >= 0.3 is 0 Å². The standard InChI is InChI=1S/C17H19ClN2O/c1-3-11-21-17-9-7-14(8-10-17)13(2)19-20-16-6-4-5-15(18)12-16/h4-10,12,20H,3,11H2,1-2H3/b19-13-. The van der Waals surface area contributed by atoms with Gasteiger partial charge in [0.1, 0.15) is 5.75 Å². The minimum atomic E-state index is 0.685. The highest BCUT2D eigenvalue weighted by Crippen LogP contribution is 2.16. The predicted molar refractivity (Wildman–Crippen MR) is 89.5 cm³/mol. The van der Waals surface area contributed by atoms with Crippen LogP contribution in [0.4, 0.5) is 5.69 Å². The molecule has 3 nitrogen and oxygen atoms in total. The second-order valence-corrected chi connectivity index (χ2v) is 5.13. The minimum absolute atomic E-state index is 0.685. The lowest BCUT2D eigenvalue weighted by atomic mass is 10.1. The summed E-state index contributed by atoms with van der Waals surface area (Å²) in [6.45, 7) is 4.79. The molecule has 1 N–H and O–H groups in total. The van der Waals surface area contributed by atoms with E-state index in [9.17, 15) is 0 Å². The van der Waals surface area contributed by atoms with Gasteiger partial charge in [0.2, 0.25) is 0 Å². The van der Waals surface area contributed by atoms with Crippen LogP contribution in [0.2, 0.25) is 5.02 Å². The van der Waals surface area contributed by atoms with Crippen LogP contribution in [0.5, 0.6) is 5.75 Å². The molecule has 2 rings (SSSR count). The Morgan fingerprint density at radius 1 is 1.19 bits per heavy atom. The van der Waals surface area contributed by atoms with Crippen molar-refractivity contribution in [3.8, 4) is 5.75 Å². The number of benzene rings is 2. The third-order valence-corrected chi connectivity index (χ3v) is 3.16. The van der Waals surface area contributed by atoms with E-state index in [-0.39, 0.29) is 0 Å². The summed E-state index contributed by atoms with van der Waals surface area (Å²) in [4.78, 5) is 0. The van der Waals surface area contributed by atoms with E-state index in [1.165, 1.54) is 0 Å². The zero-order chi connectivity index (χ0) is 15.1. The van der Waals surface area contributed by atoms with E-state index < -0.39 is 0 Å². The van der Waals surface area contributed by atoms with Gasteiger partial charge in [0, 0.05) is 5.02 Å². The summed E-state index contributed by atoms with van der Waals surface area (Å²) in [7, 11) is 0. The van der Waals surface area contributed by atoms with E-state index in [0.29, 0.717) is 5.02 Å². The number of halogens is 1. The fraction of sp³-hybridized carbons (Fsp3) is 0.235. The molecule has 110 valence electrons. The van der Waals surface area contributed by atoms with Gasteiger partial charge in [-0.2, -0.15) is 5.10 Å². The Bertz CT molecular complexity index is 608. The Kier molecular flexibility index (Phi) is 5.64. The Hall–Kier alpha value is -2.00. The van der Waals surface area contributed by atoms with Crippen LogP contribution in [-0.4, -0.2) is 12.3 Å². The quantitative estimate of drug-likeness (QED) is 0.604. The van der Waals surface area contributed by atoms with Gasteiger partial charge in [-0.1, -0.05) is 24.6 Å². The molecular weight excluding hydrogens is 284 g/mol. The van der Waals surface area contributed by atoms with Gasteiger partial charge < -0.3 is 4.74 Å². The topological polar surface area (TPSA) is 33.6 Å². The molecule has 0 aliphatic rings. The number of nitrogens with zero attached hydrogens (tertiary/aromatic N) is 1. The maximum absolute atomic E-state index is 5.93. The van der Waals surface area contributed by atoms with Crippen molar-refractivity contribution in [1.82, 2.24) is 0 Å². The molecule has 0 unspecified atom stereocenters. The maximum atomic E-state index is 5.93. The summed E-state index contributed by atoms with van der Waals surface area (Å²) >= 11 is 5.93. The van der Waals surface area contributed by atoms with Crippen molar-refractivity contribution >= 4 is 23.0 Å². The van der Waals surface area contributed by atoms with Gasteiger partial charge in [-0.15, -0.1) is 0 Å². The number of anilines is 1. The molecule has 0 fully saturated rings. The molecule has 0 bridgehead atoms. The zero-order valence-electron chi connectivity index (χ0n) is 12.3. The van der Waals surface area contributed by atoms with Crippen LogP contribution >= 0.6 is 11.6 Å². The zero-order valence-corrected chi connectivity index (χ0v) is 13.0. The third kappa shape index (κ3) is 4.80. The number of nitrogens with one attached hydrogen (secondary N) is 1. The van der Waals surface area contributed by atoms with Gasteiger partial charge in [-0.05, 0) is 61.4 Å². The minimum Gasteiger partial charge on any atom is -0.494 e. The first-order chi connectivity index (χ1) is 10.2. The van der Waals surface area contributed by atoms with E-state index in [1.807, 2.05) is 55.5 Å². The van der Waals surface area contributed by atoms with E-state index >= 15 is 0 Å². The molecule has 0 aromatic heterocycles. The summed E-state index contributed by atoms with van der Waals surface area (Å²) in [5.74, 6) is 0.885. The molecule has 2 aromatic rings. The van der Waals surface area contributed by atoms with Gasteiger partial charge in [0.05, 0.1) is 18.0 Å². The number of hydrazone groups is 1. The van der Waals surface area contributed by atoms with Crippen LogP contribution < -0.4 is 10.2 Å². The summed E-state index contributed by atoms with van der Waals surface area (Å²) in [5.41, 5.74) is 5.82. The second-order valence-electron chi connectivity index (χ2n) is 4.69.